The highest BCUT2D eigenvalue weighted by Crippen LogP contribution is 2.47. The van der Waals surface area contributed by atoms with E-state index in [0.29, 0.717) is 36.3 Å². The van der Waals surface area contributed by atoms with Gasteiger partial charge in [0.1, 0.15) is 11.7 Å². The molecular formula is C23H28FNO3. The first kappa shape index (κ1) is 20.4. The van der Waals surface area contributed by atoms with Crippen LogP contribution in [-0.4, -0.2) is 24.1 Å². The van der Waals surface area contributed by atoms with Gasteiger partial charge in [0, 0.05) is 29.3 Å². The van der Waals surface area contributed by atoms with Crippen LogP contribution in [0, 0.1) is 17.2 Å². The van der Waals surface area contributed by atoms with Gasteiger partial charge in [-0.25, -0.2) is 4.39 Å². The summed E-state index contributed by atoms with van der Waals surface area (Å²) in [5.41, 5.74) is 2.34. The molecule has 2 aliphatic rings. The summed E-state index contributed by atoms with van der Waals surface area (Å²) < 4.78 is 19.5. The zero-order valence-electron chi connectivity index (χ0n) is 17.0. The maximum atomic E-state index is 14.0. The average Bonchev–Trinajstić information content (AvgIpc) is 2.59. The molecule has 0 fully saturated rings. The van der Waals surface area contributed by atoms with E-state index in [-0.39, 0.29) is 17.0 Å². The molecule has 4 nitrogen and oxygen atoms in total. The summed E-state index contributed by atoms with van der Waals surface area (Å²) in [5, 5.41) is 0. The first-order valence-electron chi connectivity index (χ1n) is 9.97. The Labute approximate surface area is 165 Å². The molecule has 1 unspecified atom stereocenters. The van der Waals surface area contributed by atoms with Crippen molar-refractivity contribution in [3.8, 4) is 0 Å². The van der Waals surface area contributed by atoms with Gasteiger partial charge in [0.25, 0.3) is 0 Å². The van der Waals surface area contributed by atoms with Gasteiger partial charge in [-0.1, -0.05) is 39.3 Å². The predicted octanol–water partition coefficient (Wildman–Crippen LogP) is 4.99. The predicted molar refractivity (Wildman–Crippen MR) is 107 cm³/mol. The van der Waals surface area contributed by atoms with Crippen molar-refractivity contribution in [2.24, 2.45) is 16.3 Å². The van der Waals surface area contributed by atoms with Gasteiger partial charge in [-0.2, -0.15) is 0 Å². The molecule has 28 heavy (non-hydrogen) atoms. The second kappa shape index (κ2) is 7.98. The van der Waals surface area contributed by atoms with Gasteiger partial charge >= 0.3 is 5.97 Å². The summed E-state index contributed by atoms with van der Waals surface area (Å²) in [5.74, 6) is -2.05. The van der Waals surface area contributed by atoms with Crippen molar-refractivity contribution in [1.29, 1.82) is 0 Å². The van der Waals surface area contributed by atoms with Crippen LogP contribution in [0.2, 0.25) is 0 Å². The number of rotatable bonds is 5. The maximum Gasteiger partial charge on any atom is 0.315 e. The van der Waals surface area contributed by atoms with Gasteiger partial charge in [-0.3, -0.25) is 14.6 Å². The molecule has 5 heteroatoms. The molecule has 0 saturated heterocycles. The molecule has 0 radical (unpaired) electrons. The number of ketones is 1. The fourth-order valence-corrected chi connectivity index (χ4v) is 4.22. The Morgan fingerprint density at radius 2 is 2.07 bits per heavy atom. The van der Waals surface area contributed by atoms with Gasteiger partial charge in [0.2, 0.25) is 0 Å². The Hall–Kier alpha value is -2.30. The van der Waals surface area contributed by atoms with Crippen LogP contribution in [0.1, 0.15) is 64.9 Å². The SMILES string of the molecule is CCCCOC(=O)C1C(C)=NC2=C(C(=O)CC(C)(C)C2)[C@@H]1c1cccc(F)c1. The summed E-state index contributed by atoms with van der Waals surface area (Å²) >= 11 is 0. The van der Waals surface area contributed by atoms with Gasteiger partial charge in [0.15, 0.2) is 5.78 Å². The van der Waals surface area contributed by atoms with Crippen molar-refractivity contribution in [1.82, 2.24) is 0 Å². The molecule has 0 saturated carbocycles. The third-order valence-electron chi connectivity index (χ3n) is 5.51. The Kier molecular flexibility index (Phi) is 5.82. The number of nitrogens with zero attached hydrogens (tertiary/aromatic N) is 1. The number of halogens is 1. The molecule has 0 bridgehead atoms. The van der Waals surface area contributed by atoms with E-state index in [0.717, 1.165) is 18.5 Å². The first-order valence-corrected chi connectivity index (χ1v) is 9.97. The lowest BCUT2D eigenvalue weighted by molar-refractivity contribution is -0.146. The minimum atomic E-state index is -0.706. The summed E-state index contributed by atoms with van der Waals surface area (Å²) in [4.78, 5) is 30.7. The number of ether oxygens (including phenoxy) is 1. The van der Waals surface area contributed by atoms with E-state index in [1.54, 1.807) is 19.1 Å². The minimum Gasteiger partial charge on any atom is -0.465 e. The van der Waals surface area contributed by atoms with Crippen LogP contribution in [0.25, 0.3) is 0 Å². The van der Waals surface area contributed by atoms with E-state index >= 15 is 0 Å². The molecule has 0 aromatic heterocycles. The lowest BCUT2D eigenvalue weighted by atomic mass is 9.67. The van der Waals surface area contributed by atoms with E-state index < -0.39 is 17.8 Å². The zero-order chi connectivity index (χ0) is 20.5. The summed E-state index contributed by atoms with van der Waals surface area (Å²) in [7, 11) is 0. The van der Waals surface area contributed by atoms with Crippen LogP contribution < -0.4 is 0 Å². The largest absolute Gasteiger partial charge is 0.465 e. The second-order valence-electron chi connectivity index (χ2n) is 8.59. The lowest BCUT2D eigenvalue weighted by Crippen LogP contribution is -2.39. The Bertz CT molecular complexity index is 853. The molecule has 0 N–H and O–H groups in total. The molecule has 1 aliphatic carbocycles. The topological polar surface area (TPSA) is 55.7 Å². The molecule has 0 spiro atoms. The van der Waals surface area contributed by atoms with E-state index in [2.05, 4.69) is 4.99 Å². The summed E-state index contributed by atoms with van der Waals surface area (Å²) in [6.45, 7) is 8.25. The van der Waals surface area contributed by atoms with Gasteiger partial charge in [-0.15, -0.1) is 0 Å². The molecule has 1 aromatic rings. The third-order valence-corrected chi connectivity index (χ3v) is 5.51. The van der Waals surface area contributed by atoms with Gasteiger partial charge < -0.3 is 4.74 Å². The molecule has 3 rings (SSSR count). The number of carbonyl (C=O) groups is 2. The second-order valence-corrected chi connectivity index (χ2v) is 8.59. The van der Waals surface area contributed by atoms with Crippen LogP contribution in [0.15, 0.2) is 40.5 Å². The Balaban J connectivity index is 2.08. The van der Waals surface area contributed by atoms with Gasteiger partial charge in [-0.05, 0) is 42.9 Å². The zero-order valence-corrected chi connectivity index (χ0v) is 17.0. The van der Waals surface area contributed by atoms with Crippen LogP contribution in [-0.2, 0) is 14.3 Å². The van der Waals surface area contributed by atoms with Crippen LogP contribution >= 0.6 is 0 Å². The van der Waals surface area contributed by atoms with Crippen molar-refractivity contribution in [3.63, 3.8) is 0 Å². The number of aliphatic imine (C=N–C) groups is 1. The van der Waals surface area contributed by atoms with Crippen LogP contribution in [0.4, 0.5) is 4.39 Å². The Morgan fingerprint density at radius 3 is 2.75 bits per heavy atom. The Morgan fingerprint density at radius 1 is 1.32 bits per heavy atom. The number of allylic oxidation sites excluding steroid dienone is 2. The number of Topliss-reactive ketones (excluding diaryl/α,β-unsaturated/α-hetero) is 1. The van der Waals surface area contributed by atoms with Crippen molar-refractivity contribution >= 4 is 17.5 Å². The van der Waals surface area contributed by atoms with Crippen LogP contribution in [0.5, 0.6) is 0 Å². The number of benzene rings is 1. The van der Waals surface area contributed by atoms with Crippen molar-refractivity contribution in [3.05, 3.63) is 46.9 Å². The molecule has 2 atom stereocenters. The fourth-order valence-electron chi connectivity index (χ4n) is 4.22. The lowest BCUT2D eigenvalue weighted by Gasteiger charge is -2.39. The molecular weight excluding hydrogens is 357 g/mol. The minimum absolute atomic E-state index is 0.0110. The highest BCUT2D eigenvalue weighted by molar-refractivity contribution is 6.09. The number of hydrogen-bond acceptors (Lipinski definition) is 4. The van der Waals surface area contributed by atoms with Crippen molar-refractivity contribution < 1.29 is 18.7 Å². The van der Waals surface area contributed by atoms with E-state index in [4.69, 9.17) is 4.74 Å². The molecule has 0 amide bonds. The van der Waals surface area contributed by atoms with Crippen LogP contribution in [0.3, 0.4) is 0 Å². The smallest absolute Gasteiger partial charge is 0.315 e. The van der Waals surface area contributed by atoms with Gasteiger partial charge in [0.05, 0.1) is 6.61 Å². The average molecular weight is 385 g/mol. The number of esters is 1. The van der Waals surface area contributed by atoms with E-state index in [9.17, 15) is 14.0 Å². The van der Waals surface area contributed by atoms with E-state index in [1.165, 1.54) is 12.1 Å². The monoisotopic (exact) mass is 385 g/mol. The molecule has 1 heterocycles. The molecule has 1 aromatic carbocycles. The van der Waals surface area contributed by atoms with E-state index in [1.807, 2.05) is 20.8 Å². The number of unbranched alkanes of at least 4 members (excludes halogenated alkanes) is 1. The number of hydrogen-bond donors (Lipinski definition) is 0. The standard InChI is InChI=1S/C23H28FNO3/c1-5-6-10-28-22(27)19-14(2)25-17-12-23(3,4)13-18(26)21(17)20(19)15-8-7-9-16(24)11-15/h7-9,11,19-20H,5-6,10,12-13H2,1-4H3/t19?,20-/m1/s1. The first-order chi connectivity index (χ1) is 13.2. The number of carbonyl (C=O) groups excluding carboxylic acids is 2. The maximum absolute atomic E-state index is 14.0. The third kappa shape index (κ3) is 4.08. The van der Waals surface area contributed by atoms with Crippen molar-refractivity contribution in [2.45, 2.75) is 59.3 Å². The fraction of sp³-hybridized carbons (Fsp3) is 0.522. The normalized spacial score (nSPS) is 23.9. The summed E-state index contributed by atoms with van der Waals surface area (Å²) in [6.07, 6.45) is 2.75. The highest BCUT2D eigenvalue weighted by Gasteiger charge is 2.46. The highest BCUT2D eigenvalue weighted by atomic mass is 19.1. The molecule has 150 valence electrons. The van der Waals surface area contributed by atoms with Crippen molar-refractivity contribution in [2.75, 3.05) is 6.61 Å². The summed E-state index contributed by atoms with van der Waals surface area (Å²) in [6, 6.07) is 6.16. The molecule has 1 aliphatic heterocycles. The quantitative estimate of drug-likeness (QED) is 0.530.